The Morgan fingerprint density at radius 3 is 2.24 bits per heavy atom. The van der Waals surface area contributed by atoms with Gasteiger partial charge in [0.2, 0.25) is 0 Å². The Morgan fingerprint density at radius 1 is 1.12 bits per heavy atom. The molecule has 3 nitrogen and oxygen atoms in total. The van der Waals surface area contributed by atoms with Crippen molar-refractivity contribution in [3.8, 4) is 0 Å². The Hall–Kier alpha value is -1.64. The Kier molecular flexibility index (Phi) is 8.65. The highest BCUT2D eigenvalue weighted by Crippen LogP contribution is 2.04. The number of hydrogen-bond donors (Lipinski definition) is 0. The zero-order valence-electron chi connectivity index (χ0n) is 10.7. The van der Waals surface area contributed by atoms with E-state index in [0.717, 1.165) is 5.56 Å². The summed E-state index contributed by atoms with van der Waals surface area (Å²) in [5.74, 6) is -0.543. The van der Waals surface area contributed by atoms with Gasteiger partial charge in [0.15, 0.2) is 0 Å². The lowest BCUT2D eigenvalue weighted by atomic mass is 10.1. The third-order valence-corrected chi connectivity index (χ3v) is 2.10. The molecular formula is C14H20O3. The van der Waals surface area contributed by atoms with Crippen molar-refractivity contribution in [2.45, 2.75) is 33.1 Å². The molecule has 0 spiro atoms. The van der Waals surface area contributed by atoms with E-state index in [1.54, 1.807) is 0 Å². The van der Waals surface area contributed by atoms with Gasteiger partial charge in [-0.1, -0.05) is 44.2 Å². The SMILES string of the molecule is CC.COC(=O)CC(=O)CCc1ccccc1. The normalized spacial score (nSPS) is 8.88. The van der Waals surface area contributed by atoms with Crippen LogP contribution in [0, 0.1) is 0 Å². The number of carbonyl (C=O) groups is 2. The van der Waals surface area contributed by atoms with E-state index in [0.29, 0.717) is 12.8 Å². The molecule has 17 heavy (non-hydrogen) atoms. The van der Waals surface area contributed by atoms with Gasteiger partial charge in [0.1, 0.15) is 12.2 Å². The minimum absolute atomic E-state index is 0.0781. The molecule has 0 unspecified atom stereocenters. The molecule has 0 aliphatic heterocycles. The summed E-state index contributed by atoms with van der Waals surface area (Å²) in [5, 5.41) is 0. The molecule has 0 atom stereocenters. The average molecular weight is 236 g/mol. The van der Waals surface area contributed by atoms with Gasteiger partial charge in [-0.15, -0.1) is 0 Å². The van der Waals surface area contributed by atoms with Crippen LogP contribution in [-0.4, -0.2) is 18.9 Å². The number of methoxy groups -OCH3 is 1. The topological polar surface area (TPSA) is 43.4 Å². The minimum atomic E-state index is -0.465. The van der Waals surface area contributed by atoms with Crippen molar-refractivity contribution in [2.24, 2.45) is 0 Å². The van der Waals surface area contributed by atoms with Crippen LogP contribution in [0.1, 0.15) is 32.3 Å². The number of rotatable bonds is 5. The predicted octanol–water partition coefficient (Wildman–Crippen LogP) is 2.78. The average Bonchev–Trinajstić information content (AvgIpc) is 2.40. The standard InChI is InChI=1S/C12H14O3.C2H6/c1-15-12(14)9-11(13)8-7-10-5-3-2-4-6-10;1-2/h2-6H,7-9H2,1H3;1-2H3. The van der Waals surface area contributed by atoms with E-state index in [9.17, 15) is 9.59 Å². The van der Waals surface area contributed by atoms with Crippen LogP contribution in [0.2, 0.25) is 0 Å². The Bertz CT molecular complexity index is 331. The van der Waals surface area contributed by atoms with Crippen molar-refractivity contribution in [3.63, 3.8) is 0 Å². The Balaban J connectivity index is 0.00000121. The number of benzene rings is 1. The highest BCUT2D eigenvalue weighted by molar-refractivity contribution is 5.95. The summed E-state index contributed by atoms with van der Waals surface area (Å²) in [5.41, 5.74) is 1.11. The van der Waals surface area contributed by atoms with E-state index in [1.807, 2.05) is 44.2 Å². The molecule has 0 saturated heterocycles. The quantitative estimate of drug-likeness (QED) is 0.583. The van der Waals surface area contributed by atoms with Gasteiger partial charge in [0.05, 0.1) is 7.11 Å². The van der Waals surface area contributed by atoms with Crippen LogP contribution in [0.4, 0.5) is 0 Å². The molecule has 0 saturated carbocycles. The van der Waals surface area contributed by atoms with Gasteiger partial charge >= 0.3 is 5.97 Å². The molecule has 0 bridgehead atoms. The fraction of sp³-hybridized carbons (Fsp3) is 0.429. The zero-order valence-corrected chi connectivity index (χ0v) is 10.7. The molecule has 1 rings (SSSR count). The molecule has 3 heteroatoms. The highest BCUT2D eigenvalue weighted by atomic mass is 16.5. The maximum Gasteiger partial charge on any atom is 0.313 e. The van der Waals surface area contributed by atoms with Gasteiger partial charge in [-0.05, 0) is 12.0 Å². The van der Waals surface area contributed by atoms with Crippen LogP contribution in [0.5, 0.6) is 0 Å². The number of ether oxygens (including phenoxy) is 1. The van der Waals surface area contributed by atoms with E-state index in [1.165, 1.54) is 7.11 Å². The molecule has 0 N–H and O–H groups in total. The van der Waals surface area contributed by atoms with Crippen LogP contribution in [-0.2, 0) is 20.7 Å². The second-order valence-electron chi connectivity index (χ2n) is 3.28. The monoisotopic (exact) mass is 236 g/mol. The lowest BCUT2D eigenvalue weighted by molar-refractivity contribution is -0.143. The smallest absolute Gasteiger partial charge is 0.313 e. The van der Waals surface area contributed by atoms with Crippen LogP contribution in [0.3, 0.4) is 0 Å². The van der Waals surface area contributed by atoms with Crippen LogP contribution < -0.4 is 0 Å². The number of aryl methyl sites for hydroxylation is 1. The van der Waals surface area contributed by atoms with Gasteiger partial charge < -0.3 is 4.74 Å². The van der Waals surface area contributed by atoms with Crippen LogP contribution in [0.25, 0.3) is 0 Å². The van der Waals surface area contributed by atoms with Gasteiger partial charge in [-0.3, -0.25) is 9.59 Å². The van der Waals surface area contributed by atoms with Crippen LogP contribution in [0.15, 0.2) is 30.3 Å². The zero-order chi connectivity index (χ0) is 13.1. The van der Waals surface area contributed by atoms with Crippen molar-refractivity contribution in [2.75, 3.05) is 7.11 Å². The fourth-order valence-electron chi connectivity index (χ4n) is 1.25. The second-order valence-corrected chi connectivity index (χ2v) is 3.28. The predicted molar refractivity (Wildman–Crippen MR) is 67.8 cm³/mol. The van der Waals surface area contributed by atoms with E-state index in [4.69, 9.17) is 0 Å². The summed E-state index contributed by atoms with van der Waals surface area (Å²) in [6, 6.07) is 9.72. The number of hydrogen-bond acceptors (Lipinski definition) is 3. The summed E-state index contributed by atoms with van der Waals surface area (Å²) < 4.78 is 4.41. The molecule has 0 fully saturated rings. The molecule has 0 radical (unpaired) electrons. The largest absolute Gasteiger partial charge is 0.469 e. The van der Waals surface area contributed by atoms with Crippen LogP contribution >= 0.6 is 0 Å². The van der Waals surface area contributed by atoms with E-state index < -0.39 is 5.97 Å². The summed E-state index contributed by atoms with van der Waals surface area (Å²) >= 11 is 0. The van der Waals surface area contributed by atoms with Crippen molar-refractivity contribution in [3.05, 3.63) is 35.9 Å². The molecule has 0 amide bonds. The maximum atomic E-state index is 11.3. The molecule has 0 aromatic heterocycles. The van der Waals surface area contributed by atoms with Crippen molar-refractivity contribution >= 4 is 11.8 Å². The highest BCUT2D eigenvalue weighted by Gasteiger charge is 2.08. The van der Waals surface area contributed by atoms with E-state index in [-0.39, 0.29) is 12.2 Å². The van der Waals surface area contributed by atoms with Crippen molar-refractivity contribution < 1.29 is 14.3 Å². The molecule has 0 aliphatic rings. The molecule has 94 valence electrons. The summed E-state index contributed by atoms with van der Waals surface area (Å²) in [6.45, 7) is 4.00. The minimum Gasteiger partial charge on any atom is -0.469 e. The third-order valence-electron chi connectivity index (χ3n) is 2.10. The first-order valence-electron chi connectivity index (χ1n) is 5.85. The summed E-state index contributed by atoms with van der Waals surface area (Å²) in [7, 11) is 1.28. The lowest BCUT2D eigenvalue weighted by Crippen LogP contribution is -2.09. The molecule has 0 heterocycles. The molecule has 1 aromatic rings. The van der Waals surface area contributed by atoms with Gasteiger partial charge in [-0.25, -0.2) is 0 Å². The molecule has 0 aliphatic carbocycles. The molecule has 1 aromatic carbocycles. The Labute approximate surface area is 103 Å². The fourth-order valence-corrected chi connectivity index (χ4v) is 1.25. The Morgan fingerprint density at radius 2 is 1.71 bits per heavy atom. The first-order chi connectivity index (χ1) is 8.22. The number of Topliss-reactive ketones (excluding diaryl/α,β-unsaturated/α-hetero) is 1. The summed E-state index contributed by atoms with van der Waals surface area (Å²) in [4.78, 5) is 22.1. The first-order valence-corrected chi connectivity index (χ1v) is 5.85. The van der Waals surface area contributed by atoms with Gasteiger partial charge in [0, 0.05) is 6.42 Å². The summed E-state index contributed by atoms with van der Waals surface area (Å²) in [6.07, 6.45) is 0.944. The number of carbonyl (C=O) groups excluding carboxylic acids is 2. The van der Waals surface area contributed by atoms with E-state index in [2.05, 4.69) is 4.74 Å². The van der Waals surface area contributed by atoms with Gasteiger partial charge in [-0.2, -0.15) is 0 Å². The van der Waals surface area contributed by atoms with Gasteiger partial charge in [0.25, 0.3) is 0 Å². The van der Waals surface area contributed by atoms with Crippen molar-refractivity contribution in [1.82, 2.24) is 0 Å². The molecular weight excluding hydrogens is 216 g/mol. The number of esters is 1. The number of ketones is 1. The maximum absolute atomic E-state index is 11.3. The second kappa shape index (κ2) is 9.58. The third kappa shape index (κ3) is 7.28. The van der Waals surface area contributed by atoms with E-state index >= 15 is 0 Å². The lowest BCUT2D eigenvalue weighted by Gasteiger charge is -2.00. The first kappa shape index (κ1) is 15.4. The van der Waals surface area contributed by atoms with Crippen molar-refractivity contribution in [1.29, 1.82) is 0 Å².